The lowest BCUT2D eigenvalue weighted by Crippen LogP contribution is -2.42. The topological polar surface area (TPSA) is 75.8 Å². The van der Waals surface area contributed by atoms with E-state index in [9.17, 15) is 9.90 Å². The SMILES string of the molecule is COc1c(N2CCC(C)(O)CC2)sc(C(=O)C(C)C)c1N. The number of piperidine rings is 1. The van der Waals surface area contributed by atoms with Crippen molar-refractivity contribution in [1.82, 2.24) is 0 Å². The summed E-state index contributed by atoms with van der Waals surface area (Å²) in [6.07, 6.45) is 1.39. The van der Waals surface area contributed by atoms with Gasteiger partial charge in [-0.3, -0.25) is 4.79 Å². The van der Waals surface area contributed by atoms with Crippen molar-refractivity contribution in [2.24, 2.45) is 5.92 Å². The minimum atomic E-state index is -0.608. The lowest BCUT2D eigenvalue weighted by molar-refractivity contribution is 0.0352. The largest absolute Gasteiger partial charge is 0.492 e. The molecule has 2 rings (SSSR count). The predicted octanol–water partition coefficient (Wildman–Crippen LogP) is 2.53. The van der Waals surface area contributed by atoms with Crippen molar-refractivity contribution in [3.05, 3.63) is 4.88 Å². The number of nitrogen functional groups attached to an aromatic ring is 1. The van der Waals surface area contributed by atoms with Crippen molar-refractivity contribution < 1.29 is 14.6 Å². The van der Waals surface area contributed by atoms with Crippen LogP contribution in [0.3, 0.4) is 0 Å². The molecule has 3 N–H and O–H groups in total. The second kappa shape index (κ2) is 5.85. The first-order valence-corrected chi connectivity index (χ1v) is 8.06. The maximum Gasteiger partial charge on any atom is 0.177 e. The van der Waals surface area contributed by atoms with Crippen LogP contribution in [0.5, 0.6) is 5.75 Å². The number of carbonyl (C=O) groups excluding carboxylic acids is 1. The molecule has 0 bridgehead atoms. The molecule has 6 heteroatoms. The van der Waals surface area contributed by atoms with E-state index in [-0.39, 0.29) is 11.7 Å². The Hall–Kier alpha value is -1.27. The minimum absolute atomic E-state index is 0.0473. The normalized spacial score (nSPS) is 18.1. The molecule has 0 spiro atoms. The van der Waals surface area contributed by atoms with Crippen molar-refractivity contribution in [3.63, 3.8) is 0 Å². The molecule has 0 saturated carbocycles. The molecule has 1 aliphatic rings. The third-order valence-electron chi connectivity index (χ3n) is 3.96. The number of ketones is 1. The number of nitrogens with zero attached hydrogens (tertiary/aromatic N) is 1. The molecule has 1 aromatic heterocycles. The number of rotatable bonds is 4. The van der Waals surface area contributed by atoms with Gasteiger partial charge in [0.05, 0.1) is 23.3 Å². The van der Waals surface area contributed by atoms with Crippen LogP contribution in [0.25, 0.3) is 0 Å². The highest BCUT2D eigenvalue weighted by molar-refractivity contribution is 7.19. The van der Waals surface area contributed by atoms with Gasteiger partial charge in [0.25, 0.3) is 0 Å². The first-order chi connectivity index (χ1) is 9.76. The number of aliphatic hydroxyl groups is 1. The van der Waals surface area contributed by atoms with Crippen LogP contribution in [-0.2, 0) is 0 Å². The van der Waals surface area contributed by atoms with E-state index in [0.717, 1.165) is 18.1 Å². The smallest absolute Gasteiger partial charge is 0.177 e. The fourth-order valence-corrected chi connectivity index (χ4v) is 3.79. The van der Waals surface area contributed by atoms with Crippen LogP contribution >= 0.6 is 11.3 Å². The highest BCUT2D eigenvalue weighted by Gasteiger charge is 2.32. The molecule has 0 radical (unpaired) electrons. The van der Waals surface area contributed by atoms with E-state index < -0.39 is 5.60 Å². The van der Waals surface area contributed by atoms with Crippen molar-refractivity contribution in [2.75, 3.05) is 30.8 Å². The second-order valence-electron chi connectivity index (χ2n) is 6.19. The Morgan fingerprint density at radius 3 is 2.48 bits per heavy atom. The molecule has 1 aromatic rings. The predicted molar refractivity (Wildman–Crippen MR) is 86.5 cm³/mol. The minimum Gasteiger partial charge on any atom is -0.492 e. The number of ether oxygens (including phenoxy) is 1. The zero-order chi connectivity index (χ0) is 15.8. The number of methoxy groups -OCH3 is 1. The van der Waals surface area contributed by atoms with Gasteiger partial charge in [-0.2, -0.15) is 0 Å². The molecule has 5 nitrogen and oxygen atoms in total. The Balaban J connectivity index is 2.32. The molecule has 1 saturated heterocycles. The summed E-state index contributed by atoms with van der Waals surface area (Å²) >= 11 is 1.40. The van der Waals surface area contributed by atoms with Crippen LogP contribution in [0.15, 0.2) is 0 Å². The monoisotopic (exact) mass is 312 g/mol. The number of hydrogen-bond donors (Lipinski definition) is 2. The summed E-state index contributed by atoms with van der Waals surface area (Å²) in [6, 6.07) is 0. The van der Waals surface area contributed by atoms with E-state index in [1.165, 1.54) is 11.3 Å². The fraction of sp³-hybridized carbons (Fsp3) is 0.667. The van der Waals surface area contributed by atoms with Crippen molar-refractivity contribution in [1.29, 1.82) is 0 Å². The molecular formula is C15H24N2O3S. The third-order valence-corrected chi connectivity index (χ3v) is 5.22. The molecule has 21 heavy (non-hydrogen) atoms. The lowest BCUT2D eigenvalue weighted by atomic mass is 9.94. The first-order valence-electron chi connectivity index (χ1n) is 7.24. The summed E-state index contributed by atoms with van der Waals surface area (Å²) in [6.45, 7) is 7.06. The van der Waals surface area contributed by atoms with E-state index >= 15 is 0 Å². The summed E-state index contributed by atoms with van der Waals surface area (Å²) in [5.74, 6) is 0.544. The van der Waals surface area contributed by atoms with Crippen LogP contribution < -0.4 is 15.4 Å². The van der Waals surface area contributed by atoms with Gasteiger partial charge in [-0.05, 0) is 19.8 Å². The lowest BCUT2D eigenvalue weighted by Gasteiger charge is -2.36. The number of thiophene rings is 1. The van der Waals surface area contributed by atoms with E-state index in [1.54, 1.807) is 7.11 Å². The molecule has 2 heterocycles. The molecule has 0 aliphatic carbocycles. The third kappa shape index (κ3) is 3.16. The number of carbonyl (C=O) groups is 1. The molecule has 118 valence electrons. The molecule has 0 unspecified atom stereocenters. The van der Waals surface area contributed by atoms with Gasteiger partial charge in [-0.25, -0.2) is 0 Å². The first kappa shape index (κ1) is 16.1. The average Bonchev–Trinajstić information content (AvgIpc) is 2.74. The Labute approximate surface area is 129 Å². The van der Waals surface area contributed by atoms with Gasteiger partial charge in [-0.15, -0.1) is 11.3 Å². The zero-order valence-corrected chi connectivity index (χ0v) is 13.9. The van der Waals surface area contributed by atoms with Crippen molar-refractivity contribution >= 4 is 27.8 Å². The van der Waals surface area contributed by atoms with Gasteiger partial charge in [0.1, 0.15) is 5.00 Å². The van der Waals surface area contributed by atoms with Crippen molar-refractivity contribution in [3.8, 4) is 5.75 Å². The maximum atomic E-state index is 12.2. The van der Waals surface area contributed by atoms with Gasteiger partial charge in [0, 0.05) is 19.0 Å². The Kier molecular flexibility index (Phi) is 4.49. The highest BCUT2D eigenvalue weighted by atomic mass is 32.1. The van der Waals surface area contributed by atoms with Crippen LogP contribution in [0.1, 0.15) is 43.3 Å². The van der Waals surface area contributed by atoms with Gasteiger partial charge >= 0.3 is 0 Å². The Bertz CT molecular complexity index is 527. The number of anilines is 2. The summed E-state index contributed by atoms with van der Waals surface area (Å²) < 4.78 is 5.42. The molecule has 0 atom stereocenters. The molecular weight excluding hydrogens is 288 g/mol. The molecule has 1 fully saturated rings. The van der Waals surface area contributed by atoms with Gasteiger partial charge in [0.15, 0.2) is 11.5 Å². The quantitative estimate of drug-likeness (QED) is 0.836. The van der Waals surface area contributed by atoms with Gasteiger partial charge in [0.2, 0.25) is 0 Å². The van der Waals surface area contributed by atoms with E-state index in [0.29, 0.717) is 29.2 Å². The summed E-state index contributed by atoms with van der Waals surface area (Å²) in [4.78, 5) is 15.0. The average molecular weight is 312 g/mol. The van der Waals surface area contributed by atoms with Gasteiger partial charge < -0.3 is 20.5 Å². The van der Waals surface area contributed by atoms with E-state index in [2.05, 4.69) is 4.90 Å². The number of Topliss-reactive ketones (excluding diaryl/α,β-unsaturated/α-hetero) is 1. The number of hydrogen-bond acceptors (Lipinski definition) is 6. The van der Waals surface area contributed by atoms with Crippen LogP contribution in [0.4, 0.5) is 10.7 Å². The fourth-order valence-electron chi connectivity index (χ4n) is 2.46. The number of nitrogens with two attached hydrogens (primary N) is 1. The summed E-state index contributed by atoms with van der Waals surface area (Å²) in [7, 11) is 1.58. The summed E-state index contributed by atoms with van der Waals surface area (Å²) in [5.41, 5.74) is 5.93. The molecule has 0 amide bonds. The maximum absolute atomic E-state index is 12.2. The van der Waals surface area contributed by atoms with E-state index in [1.807, 2.05) is 20.8 Å². The van der Waals surface area contributed by atoms with Crippen molar-refractivity contribution in [2.45, 2.75) is 39.2 Å². The zero-order valence-electron chi connectivity index (χ0n) is 13.1. The molecule has 1 aliphatic heterocycles. The van der Waals surface area contributed by atoms with E-state index in [4.69, 9.17) is 10.5 Å². The standard InChI is InChI=1S/C15H24N2O3S/c1-9(2)11(18)13-10(16)12(20-4)14(21-13)17-7-5-15(3,19)6-8-17/h9,19H,5-8,16H2,1-4H3. The van der Waals surface area contributed by atoms with Crippen LogP contribution in [0, 0.1) is 5.92 Å². The molecule has 0 aromatic carbocycles. The van der Waals surface area contributed by atoms with Gasteiger partial charge in [-0.1, -0.05) is 13.8 Å². The second-order valence-corrected chi connectivity index (χ2v) is 7.19. The summed E-state index contributed by atoms with van der Waals surface area (Å²) in [5, 5.41) is 11.0. The van der Waals surface area contributed by atoms with Crippen LogP contribution in [0.2, 0.25) is 0 Å². The Morgan fingerprint density at radius 1 is 1.43 bits per heavy atom. The highest BCUT2D eigenvalue weighted by Crippen LogP contribution is 2.46. The Morgan fingerprint density at radius 2 is 2.00 bits per heavy atom. The van der Waals surface area contributed by atoms with Crippen LogP contribution in [-0.4, -0.2) is 36.7 Å².